The third kappa shape index (κ3) is 5.71. The van der Waals surface area contributed by atoms with Crippen LogP contribution in [0.4, 0.5) is 18.9 Å². The number of carbonyl (C=O) groups excluding carboxylic acids is 1. The average Bonchev–Trinajstić information content (AvgIpc) is 3.46. The van der Waals surface area contributed by atoms with Crippen LogP contribution < -0.4 is 10.0 Å². The monoisotopic (exact) mass is 452 g/mol. The van der Waals surface area contributed by atoms with Gasteiger partial charge in [0.15, 0.2) is 0 Å². The molecule has 2 aromatic rings. The van der Waals surface area contributed by atoms with E-state index in [0.29, 0.717) is 0 Å². The number of nitrogens with zero attached hydrogens (tertiary/aromatic N) is 2. The lowest BCUT2D eigenvalue weighted by Gasteiger charge is -2.17. The zero-order valence-electron chi connectivity index (χ0n) is 17.7. The molecule has 0 saturated heterocycles. The Morgan fingerprint density at radius 2 is 1.74 bits per heavy atom. The molecule has 0 fully saturated rings. The number of alkyl halides is 3. The number of amides is 1. The van der Waals surface area contributed by atoms with Crippen molar-refractivity contribution in [3.8, 4) is 0 Å². The summed E-state index contributed by atoms with van der Waals surface area (Å²) in [4.78, 5) is 14.6. The molecule has 9 heteroatoms. The first-order valence-electron chi connectivity index (χ1n) is 10.3. The number of anilines is 1. The number of rotatable bonds is 6. The second-order valence-electron chi connectivity index (χ2n) is 7.54. The molecule has 5 nitrogen and oxygen atoms in total. The van der Waals surface area contributed by atoms with Gasteiger partial charge in [-0.2, -0.15) is 13.2 Å². The van der Waals surface area contributed by atoms with E-state index < -0.39 is 12.7 Å². The van der Waals surface area contributed by atoms with Gasteiger partial charge in [0.05, 0.1) is 0 Å². The molecule has 2 N–H and O–H groups in total. The van der Waals surface area contributed by atoms with E-state index in [0.717, 1.165) is 29.5 Å². The molecule has 0 unspecified atom stereocenters. The molecule has 1 amide bonds. The van der Waals surface area contributed by atoms with Crippen LogP contribution in [-0.4, -0.2) is 29.2 Å². The summed E-state index contributed by atoms with van der Waals surface area (Å²) in [5.41, 5.74) is 8.54. The van der Waals surface area contributed by atoms with Crippen molar-refractivity contribution in [3.05, 3.63) is 51.4 Å². The molecule has 0 radical (unpaired) electrons. The standard InChI is InChI=1S/C14H17NO.C8H10F3N3S/c1-9-10-4-2-6-12(10)14(15-8-16)13-7-3-5-11(9)13;1-12-15-5-2-7-13-3-4-14(7)6-8(9,10)11/h8H,2-7H2,1H3,(H,15,16);2-5,12H,6H2,1H3/b;5-2+. The number of hydrogen-bond donors (Lipinski definition) is 2. The summed E-state index contributed by atoms with van der Waals surface area (Å²) in [5.74, 6) is 0.287. The lowest BCUT2D eigenvalue weighted by Crippen LogP contribution is -2.17. The molecular weight excluding hydrogens is 425 g/mol. The molecule has 1 aromatic heterocycles. The Balaban J connectivity index is 0.000000176. The lowest BCUT2D eigenvalue weighted by atomic mass is 9.93. The van der Waals surface area contributed by atoms with Crippen LogP contribution in [-0.2, 0) is 37.0 Å². The second kappa shape index (κ2) is 10.4. The first-order valence-corrected chi connectivity index (χ1v) is 11.2. The Hall–Kier alpha value is -2.26. The van der Waals surface area contributed by atoms with Crippen molar-refractivity contribution in [2.24, 2.45) is 0 Å². The van der Waals surface area contributed by atoms with Crippen molar-refractivity contribution in [3.63, 3.8) is 0 Å². The zero-order chi connectivity index (χ0) is 22.4. The van der Waals surface area contributed by atoms with Crippen LogP contribution in [0.5, 0.6) is 0 Å². The fourth-order valence-corrected chi connectivity index (χ4v) is 4.76. The third-order valence-corrected chi connectivity index (χ3v) is 6.16. The predicted octanol–water partition coefficient (Wildman–Crippen LogP) is 4.82. The number of imidazole rings is 1. The molecule has 0 aliphatic heterocycles. The van der Waals surface area contributed by atoms with Crippen molar-refractivity contribution in [1.29, 1.82) is 0 Å². The highest BCUT2D eigenvalue weighted by Crippen LogP contribution is 2.41. The fraction of sp³-hybridized carbons (Fsp3) is 0.455. The molecule has 0 saturated carbocycles. The maximum absolute atomic E-state index is 12.1. The van der Waals surface area contributed by atoms with Crippen LogP contribution in [0.25, 0.3) is 6.08 Å². The summed E-state index contributed by atoms with van der Waals surface area (Å²) in [6.45, 7) is 1.25. The van der Waals surface area contributed by atoms with Gasteiger partial charge in [-0.15, -0.1) is 0 Å². The van der Waals surface area contributed by atoms with Gasteiger partial charge in [-0.1, -0.05) is 11.9 Å². The van der Waals surface area contributed by atoms with E-state index in [1.807, 2.05) is 0 Å². The van der Waals surface area contributed by atoms with Crippen LogP contribution >= 0.6 is 11.9 Å². The normalized spacial score (nSPS) is 14.9. The molecule has 168 valence electrons. The van der Waals surface area contributed by atoms with Crippen LogP contribution in [0.1, 0.15) is 46.5 Å². The van der Waals surface area contributed by atoms with Crippen molar-refractivity contribution >= 4 is 30.1 Å². The maximum atomic E-state index is 12.1. The highest BCUT2D eigenvalue weighted by Gasteiger charge is 2.28. The predicted molar refractivity (Wildman–Crippen MR) is 119 cm³/mol. The van der Waals surface area contributed by atoms with Crippen molar-refractivity contribution in [2.45, 2.75) is 58.2 Å². The Kier molecular flexibility index (Phi) is 7.83. The van der Waals surface area contributed by atoms with Gasteiger partial charge in [-0.05, 0) is 91.8 Å². The molecule has 1 aromatic carbocycles. The number of nitrogens with one attached hydrogen (secondary N) is 2. The molecule has 0 bridgehead atoms. The Labute approximate surface area is 184 Å². The molecule has 4 rings (SSSR count). The van der Waals surface area contributed by atoms with Crippen molar-refractivity contribution in [1.82, 2.24) is 14.3 Å². The van der Waals surface area contributed by atoms with E-state index in [9.17, 15) is 18.0 Å². The minimum Gasteiger partial charge on any atom is -0.328 e. The lowest BCUT2D eigenvalue weighted by molar-refractivity contribution is -0.140. The summed E-state index contributed by atoms with van der Waals surface area (Å²) in [5, 5.41) is 4.59. The summed E-state index contributed by atoms with van der Waals surface area (Å²) in [6.07, 6.45) is 7.93. The number of hydrogen-bond acceptors (Lipinski definition) is 4. The van der Waals surface area contributed by atoms with E-state index >= 15 is 0 Å². The fourth-order valence-electron chi connectivity index (χ4n) is 4.43. The molecule has 0 spiro atoms. The minimum atomic E-state index is -4.22. The van der Waals surface area contributed by atoms with E-state index in [2.05, 4.69) is 21.9 Å². The van der Waals surface area contributed by atoms with Crippen LogP contribution in [0, 0.1) is 6.92 Å². The molecule has 1 heterocycles. The largest absolute Gasteiger partial charge is 0.406 e. The van der Waals surface area contributed by atoms with Crippen LogP contribution in [0.2, 0.25) is 0 Å². The first kappa shape index (κ1) is 23.4. The van der Waals surface area contributed by atoms with Gasteiger partial charge in [-0.25, -0.2) is 4.98 Å². The SMILES string of the molecule is CNS/C=C/c1nccn1CC(F)(F)F.Cc1c2c(c(NC=O)c3c1CCC3)CCC2. The summed E-state index contributed by atoms with van der Waals surface area (Å²) >= 11 is 1.27. The number of benzene rings is 1. The van der Waals surface area contributed by atoms with E-state index in [4.69, 9.17) is 0 Å². The number of fused-ring (bicyclic) bond motifs is 2. The topological polar surface area (TPSA) is 59.0 Å². The van der Waals surface area contributed by atoms with Gasteiger partial charge in [-0.3, -0.25) is 9.52 Å². The molecule has 2 aliphatic rings. The van der Waals surface area contributed by atoms with Crippen molar-refractivity contribution in [2.75, 3.05) is 12.4 Å². The van der Waals surface area contributed by atoms with Crippen molar-refractivity contribution < 1.29 is 18.0 Å². The first-order chi connectivity index (χ1) is 14.9. The van der Waals surface area contributed by atoms with E-state index in [1.165, 1.54) is 83.9 Å². The third-order valence-electron chi connectivity index (χ3n) is 5.65. The molecule has 2 aliphatic carbocycles. The zero-order valence-corrected chi connectivity index (χ0v) is 18.5. The molecular formula is C22H27F3N4OS. The maximum Gasteiger partial charge on any atom is 0.406 e. The summed E-state index contributed by atoms with van der Waals surface area (Å²) in [7, 11) is 1.72. The smallest absolute Gasteiger partial charge is 0.328 e. The van der Waals surface area contributed by atoms with Gasteiger partial charge in [0.2, 0.25) is 6.41 Å². The second-order valence-corrected chi connectivity index (χ2v) is 8.45. The highest BCUT2D eigenvalue weighted by atomic mass is 32.2. The molecule has 0 atom stereocenters. The number of carbonyl (C=O) groups is 1. The summed E-state index contributed by atoms with van der Waals surface area (Å²) < 4.78 is 40.1. The average molecular weight is 453 g/mol. The van der Waals surface area contributed by atoms with Gasteiger partial charge < -0.3 is 9.88 Å². The van der Waals surface area contributed by atoms with Crippen LogP contribution in [0.3, 0.4) is 0 Å². The van der Waals surface area contributed by atoms with Gasteiger partial charge in [0, 0.05) is 18.1 Å². The molecule has 31 heavy (non-hydrogen) atoms. The number of halogens is 3. The Morgan fingerprint density at radius 3 is 2.29 bits per heavy atom. The number of aromatic nitrogens is 2. The Bertz CT molecular complexity index is 918. The van der Waals surface area contributed by atoms with Gasteiger partial charge in [0.1, 0.15) is 12.4 Å². The van der Waals surface area contributed by atoms with Gasteiger partial charge in [0.25, 0.3) is 0 Å². The van der Waals surface area contributed by atoms with E-state index in [1.54, 1.807) is 12.5 Å². The summed E-state index contributed by atoms with van der Waals surface area (Å²) in [6, 6.07) is 0. The highest BCUT2D eigenvalue weighted by molar-refractivity contribution is 8.00. The van der Waals surface area contributed by atoms with Gasteiger partial charge >= 0.3 is 6.18 Å². The van der Waals surface area contributed by atoms with E-state index in [-0.39, 0.29) is 5.82 Å². The van der Waals surface area contributed by atoms with Crippen LogP contribution in [0.15, 0.2) is 17.8 Å². The minimum absolute atomic E-state index is 0.287. The Morgan fingerprint density at radius 1 is 1.13 bits per heavy atom. The quantitative estimate of drug-likeness (QED) is 0.487.